The summed E-state index contributed by atoms with van der Waals surface area (Å²) in [5, 5.41) is 8.81. The molecule has 0 spiro atoms. The van der Waals surface area contributed by atoms with Gasteiger partial charge < -0.3 is 9.84 Å². The number of methoxy groups -OCH3 is 1. The van der Waals surface area contributed by atoms with E-state index < -0.39 is 22.0 Å². The maximum absolute atomic E-state index is 11.8. The monoisotopic (exact) mass is 273 g/mol. The number of hydrogen-bond acceptors (Lipinski definition) is 5. The van der Waals surface area contributed by atoms with Crippen LogP contribution in [0, 0.1) is 0 Å². The number of ether oxygens (including phenoxy) is 1. The van der Waals surface area contributed by atoms with Crippen LogP contribution in [-0.4, -0.2) is 39.3 Å². The second kappa shape index (κ2) is 5.94. The molecular formula is C11H15NO5S. The molecule has 0 amide bonds. The van der Waals surface area contributed by atoms with Crippen molar-refractivity contribution in [2.45, 2.75) is 17.9 Å². The average molecular weight is 273 g/mol. The summed E-state index contributed by atoms with van der Waals surface area (Å²) in [5.74, 6) is -0.532. The van der Waals surface area contributed by atoms with E-state index in [0.29, 0.717) is 0 Å². The van der Waals surface area contributed by atoms with Gasteiger partial charge in [0.15, 0.2) is 0 Å². The number of esters is 1. The highest BCUT2D eigenvalue weighted by Crippen LogP contribution is 2.11. The van der Waals surface area contributed by atoms with Crippen LogP contribution in [0.25, 0.3) is 0 Å². The SMILES string of the molecule is COC(=O)c1ccc(S(=O)(=O)N[C@H](C)CO)cc1. The molecule has 1 rings (SSSR count). The molecule has 0 aliphatic rings. The highest BCUT2D eigenvalue weighted by molar-refractivity contribution is 7.89. The van der Waals surface area contributed by atoms with Crippen LogP contribution < -0.4 is 4.72 Å². The van der Waals surface area contributed by atoms with E-state index in [1.165, 1.54) is 31.4 Å². The fourth-order valence-electron chi connectivity index (χ4n) is 1.26. The highest BCUT2D eigenvalue weighted by atomic mass is 32.2. The van der Waals surface area contributed by atoms with Crippen LogP contribution in [0.5, 0.6) is 0 Å². The van der Waals surface area contributed by atoms with Crippen molar-refractivity contribution < 1.29 is 23.1 Å². The van der Waals surface area contributed by atoms with E-state index in [1.807, 2.05) is 0 Å². The smallest absolute Gasteiger partial charge is 0.337 e. The fourth-order valence-corrected chi connectivity index (χ4v) is 2.49. The van der Waals surface area contributed by atoms with Gasteiger partial charge in [0, 0.05) is 6.04 Å². The normalized spacial score (nSPS) is 13.1. The van der Waals surface area contributed by atoms with Gasteiger partial charge in [0.1, 0.15) is 0 Å². The average Bonchev–Trinajstić information content (AvgIpc) is 2.37. The van der Waals surface area contributed by atoms with E-state index in [-0.39, 0.29) is 17.1 Å². The molecule has 6 nitrogen and oxygen atoms in total. The summed E-state index contributed by atoms with van der Waals surface area (Å²) in [6.07, 6.45) is 0. The van der Waals surface area contributed by atoms with Crippen LogP contribution in [0.1, 0.15) is 17.3 Å². The van der Waals surface area contributed by atoms with Crippen molar-refractivity contribution >= 4 is 16.0 Å². The summed E-state index contributed by atoms with van der Waals surface area (Å²) >= 11 is 0. The van der Waals surface area contributed by atoms with Gasteiger partial charge >= 0.3 is 5.97 Å². The Balaban J connectivity index is 2.94. The molecule has 0 saturated heterocycles. The van der Waals surface area contributed by atoms with Gasteiger partial charge in [-0.2, -0.15) is 0 Å². The molecule has 1 aromatic rings. The van der Waals surface area contributed by atoms with Crippen LogP contribution in [0.2, 0.25) is 0 Å². The molecule has 0 aromatic heterocycles. The van der Waals surface area contributed by atoms with E-state index in [0.717, 1.165) is 0 Å². The van der Waals surface area contributed by atoms with Gasteiger partial charge in [-0.3, -0.25) is 0 Å². The quantitative estimate of drug-likeness (QED) is 0.744. The molecule has 0 saturated carbocycles. The summed E-state index contributed by atoms with van der Waals surface area (Å²) in [6.45, 7) is 1.25. The predicted octanol–water partition coefficient (Wildman–Crippen LogP) is 0.132. The van der Waals surface area contributed by atoms with Crippen LogP contribution in [0.3, 0.4) is 0 Å². The first-order valence-electron chi connectivity index (χ1n) is 5.22. The lowest BCUT2D eigenvalue weighted by atomic mass is 10.2. The molecule has 0 bridgehead atoms. The third-order valence-electron chi connectivity index (χ3n) is 2.22. The second-order valence-electron chi connectivity index (χ2n) is 3.72. The molecule has 0 aliphatic heterocycles. The zero-order chi connectivity index (χ0) is 13.8. The molecule has 0 aliphatic carbocycles. The Morgan fingerprint density at radius 3 is 2.39 bits per heavy atom. The second-order valence-corrected chi connectivity index (χ2v) is 5.43. The number of sulfonamides is 1. The van der Waals surface area contributed by atoms with Crippen molar-refractivity contribution in [3.05, 3.63) is 29.8 Å². The van der Waals surface area contributed by atoms with Gasteiger partial charge in [0.2, 0.25) is 10.0 Å². The number of nitrogens with one attached hydrogen (secondary N) is 1. The Morgan fingerprint density at radius 2 is 1.94 bits per heavy atom. The molecule has 0 radical (unpaired) electrons. The molecule has 1 atom stereocenters. The minimum atomic E-state index is -3.68. The van der Waals surface area contributed by atoms with Crippen molar-refractivity contribution in [2.24, 2.45) is 0 Å². The highest BCUT2D eigenvalue weighted by Gasteiger charge is 2.17. The largest absolute Gasteiger partial charge is 0.465 e. The van der Waals surface area contributed by atoms with Crippen LogP contribution in [0.15, 0.2) is 29.2 Å². The number of aliphatic hydroxyl groups excluding tert-OH is 1. The number of rotatable bonds is 5. The standard InChI is InChI=1S/C11H15NO5S/c1-8(7-13)12-18(15,16)10-5-3-9(4-6-10)11(14)17-2/h3-6,8,12-13H,7H2,1-2H3/t8-/m1/s1. The van der Waals surface area contributed by atoms with E-state index in [2.05, 4.69) is 9.46 Å². The molecule has 1 aromatic carbocycles. The Labute approximate surface area is 106 Å². The Kier molecular flexibility index (Phi) is 4.83. The molecule has 18 heavy (non-hydrogen) atoms. The molecule has 0 unspecified atom stereocenters. The number of aliphatic hydroxyl groups is 1. The van der Waals surface area contributed by atoms with Crippen LogP contribution in [-0.2, 0) is 14.8 Å². The lowest BCUT2D eigenvalue weighted by Gasteiger charge is -2.11. The molecule has 7 heteroatoms. The van der Waals surface area contributed by atoms with Crippen molar-refractivity contribution in [2.75, 3.05) is 13.7 Å². The lowest BCUT2D eigenvalue weighted by molar-refractivity contribution is 0.0600. The Bertz CT molecular complexity index is 509. The molecule has 100 valence electrons. The summed E-state index contributed by atoms with van der Waals surface area (Å²) in [4.78, 5) is 11.2. The van der Waals surface area contributed by atoms with Crippen molar-refractivity contribution in [1.82, 2.24) is 4.72 Å². The number of carbonyl (C=O) groups excluding carboxylic acids is 1. The first-order chi connectivity index (χ1) is 8.40. The lowest BCUT2D eigenvalue weighted by Crippen LogP contribution is -2.34. The van der Waals surface area contributed by atoms with Gasteiger partial charge in [0.25, 0.3) is 0 Å². The summed E-state index contributed by atoms with van der Waals surface area (Å²) in [7, 11) is -2.44. The summed E-state index contributed by atoms with van der Waals surface area (Å²) < 4.78 is 30.4. The number of carbonyl (C=O) groups is 1. The van der Waals surface area contributed by atoms with E-state index in [9.17, 15) is 13.2 Å². The third-order valence-corrected chi connectivity index (χ3v) is 3.82. The first-order valence-corrected chi connectivity index (χ1v) is 6.70. The molecule has 0 heterocycles. The van der Waals surface area contributed by atoms with E-state index in [1.54, 1.807) is 6.92 Å². The molecule has 0 fully saturated rings. The minimum absolute atomic E-state index is 0.0236. The summed E-state index contributed by atoms with van der Waals surface area (Å²) in [5.41, 5.74) is 0.270. The van der Waals surface area contributed by atoms with Crippen molar-refractivity contribution in [1.29, 1.82) is 0 Å². The number of hydrogen-bond donors (Lipinski definition) is 2. The summed E-state index contributed by atoms with van der Waals surface area (Å²) in [6, 6.07) is 4.76. The Hall–Kier alpha value is -1.44. The zero-order valence-corrected chi connectivity index (χ0v) is 10.9. The van der Waals surface area contributed by atoms with Gasteiger partial charge in [-0.15, -0.1) is 0 Å². The molecule has 2 N–H and O–H groups in total. The first kappa shape index (κ1) is 14.6. The topological polar surface area (TPSA) is 92.7 Å². The Morgan fingerprint density at radius 1 is 1.39 bits per heavy atom. The van der Waals surface area contributed by atoms with E-state index >= 15 is 0 Å². The van der Waals surface area contributed by atoms with E-state index in [4.69, 9.17) is 5.11 Å². The fraction of sp³-hybridized carbons (Fsp3) is 0.364. The third kappa shape index (κ3) is 3.52. The van der Waals surface area contributed by atoms with Crippen molar-refractivity contribution in [3.63, 3.8) is 0 Å². The maximum Gasteiger partial charge on any atom is 0.337 e. The minimum Gasteiger partial charge on any atom is -0.465 e. The number of benzene rings is 1. The maximum atomic E-state index is 11.8. The van der Waals surface area contributed by atoms with Crippen LogP contribution >= 0.6 is 0 Å². The van der Waals surface area contributed by atoms with Crippen molar-refractivity contribution in [3.8, 4) is 0 Å². The van der Waals surface area contributed by atoms with Crippen LogP contribution in [0.4, 0.5) is 0 Å². The van der Waals surface area contributed by atoms with Gasteiger partial charge in [-0.25, -0.2) is 17.9 Å². The molecular weight excluding hydrogens is 258 g/mol. The van der Waals surface area contributed by atoms with Gasteiger partial charge in [-0.05, 0) is 31.2 Å². The zero-order valence-electron chi connectivity index (χ0n) is 10.1. The van der Waals surface area contributed by atoms with Gasteiger partial charge in [-0.1, -0.05) is 0 Å². The van der Waals surface area contributed by atoms with Gasteiger partial charge in [0.05, 0.1) is 24.2 Å². The predicted molar refractivity (Wildman–Crippen MR) is 64.7 cm³/mol.